The highest BCUT2D eigenvalue weighted by Crippen LogP contribution is 2.21. The van der Waals surface area contributed by atoms with E-state index in [9.17, 15) is 13.2 Å². The topological polar surface area (TPSA) is 54.5 Å². The van der Waals surface area contributed by atoms with Gasteiger partial charge in [0.15, 0.2) is 9.84 Å². The smallest absolute Gasteiger partial charge is 0.247 e. The average Bonchev–Trinajstić information content (AvgIpc) is 3.00. The van der Waals surface area contributed by atoms with Crippen molar-refractivity contribution in [3.05, 3.63) is 76.3 Å². The number of aryl methyl sites for hydroxylation is 1. The minimum absolute atomic E-state index is 0.0186. The van der Waals surface area contributed by atoms with Crippen molar-refractivity contribution >= 4 is 33.4 Å². The molecule has 6 heteroatoms. The van der Waals surface area contributed by atoms with Crippen LogP contribution in [0.25, 0.3) is 6.08 Å². The molecule has 4 nitrogen and oxygen atoms in total. The number of rotatable bonds is 5. The van der Waals surface area contributed by atoms with E-state index >= 15 is 0 Å². The third-order valence-electron chi connectivity index (χ3n) is 4.69. The summed E-state index contributed by atoms with van der Waals surface area (Å²) in [6, 6.07) is 14.8. The van der Waals surface area contributed by atoms with E-state index in [1.54, 1.807) is 23.1 Å². The molecule has 0 spiro atoms. The number of benzene rings is 2. The van der Waals surface area contributed by atoms with Crippen molar-refractivity contribution in [2.24, 2.45) is 0 Å². The second kappa shape index (κ2) is 8.28. The molecule has 0 bridgehead atoms. The first kappa shape index (κ1) is 19.6. The summed E-state index contributed by atoms with van der Waals surface area (Å²) >= 11 is 5.93. The van der Waals surface area contributed by atoms with E-state index in [0.29, 0.717) is 18.0 Å². The van der Waals surface area contributed by atoms with Crippen molar-refractivity contribution in [1.82, 2.24) is 4.90 Å². The van der Waals surface area contributed by atoms with Gasteiger partial charge < -0.3 is 4.90 Å². The Hall–Kier alpha value is -2.11. The highest BCUT2D eigenvalue weighted by atomic mass is 35.5. The molecular formula is C21H22ClNO3S. The van der Waals surface area contributed by atoms with E-state index in [4.69, 9.17) is 11.6 Å². The summed E-state index contributed by atoms with van der Waals surface area (Å²) in [5.41, 5.74) is 3.00. The molecule has 0 radical (unpaired) electrons. The van der Waals surface area contributed by atoms with Crippen molar-refractivity contribution < 1.29 is 13.2 Å². The van der Waals surface area contributed by atoms with Gasteiger partial charge in [-0.25, -0.2) is 8.42 Å². The lowest BCUT2D eigenvalue weighted by Crippen LogP contribution is -2.39. The Bertz CT molecular complexity index is 934. The highest BCUT2D eigenvalue weighted by Gasteiger charge is 2.34. The Morgan fingerprint density at radius 1 is 1.15 bits per heavy atom. The molecule has 0 aliphatic carbocycles. The molecule has 3 rings (SSSR count). The average molecular weight is 404 g/mol. The first-order valence-electron chi connectivity index (χ1n) is 8.83. The SMILES string of the molecule is Cc1ccc(/C=C/C(=O)N(Cc2ccc(Cl)cc2)C2CCS(=O)(=O)C2)cc1. The summed E-state index contributed by atoms with van der Waals surface area (Å²) in [4.78, 5) is 14.5. The second-order valence-corrected chi connectivity index (χ2v) is 9.56. The third kappa shape index (κ3) is 5.44. The molecule has 1 saturated heterocycles. The van der Waals surface area contributed by atoms with Gasteiger partial charge in [0.25, 0.3) is 0 Å². The Kier molecular flexibility index (Phi) is 6.02. The lowest BCUT2D eigenvalue weighted by molar-refractivity contribution is -0.128. The van der Waals surface area contributed by atoms with Gasteiger partial charge in [0.2, 0.25) is 5.91 Å². The van der Waals surface area contributed by atoms with Crippen molar-refractivity contribution in [2.75, 3.05) is 11.5 Å². The van der Waals surface area contributed by atoms with Crippen LogP contribution < -0.4 is 0 Å². The normalized spacial score (nSPS) is 18.7. The van der Waals surface area contributed by atoms with Crippen LogP contribution in [0.2, 0.25) is 5.02 Å². The molecule has 1 atom stereocenters. The van der Waals surface area contributed by atoms with Crippen molar-refractivity contribution in [3.8, 4) is 0 Å². The number of hydrogen-bond donors (Lipinski definition) is 0. The Labute approximate surface area is 165 Å². The van der Waals surface area contributed by atoms with Crippen LogP contribution in [0.4, 0.5) is 0 Å². The fraction of sp³-hybridized carbons (Fsp3) is 0.286. The molecule has 142 valence electrons. The minimum Gasteiger partial charge on any atom is -0.331 e. The van der Waals surface area contributed by atoms with Crippen LogP contribution in [0, 0.1) is 6.92 Å². The first-order chi connectivity index (χ1) is 12.8. The summed E-state index contributed by atoms with van der Waals surface area (Å²) in [7, 11) is -3.08. The van der Waals surface area contributed by atoms with Crippen LogP contribution in [0.1, 0.15) is 23.1 Å². The molecular weight excluding hydrogens is 382 g/mol. The van der Waals surface area contributed by atoms with E-state index in [1.807, 2.05) is 43.3 Å². The molecule has 0 aromatic heterocycles. The first-order valence-corrected chi connectivity index (χ1v) is 11.0. The van der Waals surface area contributed by atoms with Crippen LogP contribution in [0.3, 0.4) is 0 Å². The van der Waals surface area contributed by atoms with E-state index in [0.717, 1.165) is 16.7 Å². The van der Waals surface area contributed by atoms with Crippen LogP contribution in [-0.4, -0.2) is 36.8 Å². The van der Waals surface area contributed by atoms with Crippen LogP contribution in [0.5, 0.6) is 0 Å². The van der Waals surface area contributed by atoms with E-state index in [2.05, 4.69) is 0 Å². The Balaban J connectivity index is 1.80. The van der Waals surface area contributed by atoms with Crippen molar-refractivity contribution in [3.63, 3.8) is 0 Å². The van der Waals surface area contributed by atoms with Gasteiger partial charge in [0, 0.05) is 23.7 Å². The van der Waals surface area contributed by atoms with Crippen LogP contribution in [-0.2, 0) is 21.2 Å². The van der Waals surface area contributed by atoms with Gasteiger partial charge >= 0.3 is 0 Å². The maximum atomic E-state index is 12.9. The number of sulfone groups is 1. The quantitative estimate of drug-likeness (QED) is 0.712. The van der Waals surface area contributed by atoms with Gasteiger partial charge in [-0.05, 0) is 42.7 Å². The fourth-order valence-electron chi connectivity index (χ4n) is 3.14. The molecule has 0 saturated carbocycles. The summed E-state index contributed by atoms with van der Waals surface area (Å²) in [5, 5.41) is 0.624. The zero-order valence-corrected chi connectivity index (χ0v) is 16.7. The predicted molar refractivity (Wildman–Crippen MR) is 109 cm³/mol. The van der Waals surface area contributed by atoms with Crippen LogP contribution >= 0.6 is 11.6 Å². The fourth-order valence-corrected chi connectivity index (χ4v) is 4.99. The molecule has 1 aliphatic heterocycles. The molecule has 2 aromatic carbocycles. The standard InChI is InChI=1S/C21H22ClNO3S/c1-16-2-4-17(5-3-16)8-11-21(24)23(20-12-13-27(25,26)15-20)14-18-6-9-19(22)10-7-18/h2-11,20H,12-15H2,1H3/b11-8+. The van der Waals surface area contributed by atoms with Gasteiger partial charge in [-0.3, -0.25) is 4.79 Å². The third-order valence-corrected chi connectivity index (χ3v) is 6.70. The lowest BCUT2D eigenvalue weighted by atomic mass is 10.1. The number of carbonyl (C=O) groups is 1. The predicted octanol–water partition coefficient (Wildman–Crippen LogP) is 3.88. The lowest BCUT2D eigenvalue weighted by Gasteiger charge is -2.27. The monoisotopic (exact) mass is 403 g/mol. The van der Waals surface area contributed by atoms with E-state index in [-0.39, 0.29) is 23.5 Å². The molecule has 1 unspecified atom stereocenters. The summed E-state index contributed by atoms with van der Waals surface area (Å²) in [5.74, 6) is -0.0401. The van der Waals surface area contributed by atoms with Crippen molar-refractivity contribution in [2.45, 2.75) is 25.9 Å². The van der Waals surface area contributed by atoms with Gasteiger partial charge in [-0.15, -0.1) is 0 Å². The number of amides is 1. The Morgan fingerprint density at radius 2 is 1.81 bits per heavy atom. The van der Waals surface area contributed by atoms with Crippen LogP contribution in [0.15, 0.2) is 54.6 Å². The summed E-state index contributed by atoms with van der Waals surface area (Å²) < 4.78 is 23.8. The van der Waals surface area contributed by atoms with Gasteiger partial charge in [0.1, 0.15) is 0 Å². The molecule has 1 heterocycles. The highest BCUT2D eigenvalue weighted by molar-refractivity contribution is 7.91. The zero-order chi connectivity index (χ0) is 19.4. The summed E-state index contributed by atoms with van der Waals surface area (Å²) in [6.45, 7) is 2.36. The second-order valence-electron chi connectivity index (χ2n) is 6.89. The maximum absolute atomic E-state index is 12.9. The zero-order valence-electron chi connectivity index (χ0n) is 15.1. The molecule has 1 amide bonds. The van der Waals surface area contributed by atoms with E-state index in [1.165, 1.54) is 6.08 Å². The molecule has 0 N–H and O–H groups in total. The minimum atomic E-state index is -3.08. The van der Waals surface area contributed by atoms with Gasteiger partial charge in [-0.1, -0.05) is 53.6 Å². The molecule has 2 aromatic rings. The van der Waals surface area contributed by atoms with Gasteiger partial charge in [-0.2, -0.15) is 0 Å². The molecule has 27 heavy (non-hydrogen) atoms. The van der Waals surface area contributed by atoms with Crippen molar-refractivity contribution in [1.29, 1.82) is 0 Å². The molecule has 1 fully saturated rings. The number of halogens is 1. The largest absolute Gasteiger partial charge is 0.331 e. The van der Waals surface area contributed by atoms with E-state index < -0.39 is 9.84 Å². The summed E-state index contributed by atoms with van der Waals surface area (Å²) in [6.07, 6.45) is 3.76. The molecule has 1 aliphatic rings. The number of hydrogen-bond acceptors (Lipinski definition) is 3. The maximum Gasteiger partial charge on any atom is 0.247 e. The Morgan fingerprint density at radius 3 is 2.41 bits per heavy atom. The van der Waals surface area contributed by atoms with Gasteiger partial charge in [0.05, 0.1) is 11.5 Å². The number of nitrogens with zero attached hydrogens (tertiary/aromatic N) is 1. The number of carbonyl (C=O) groups excluding carboxylic acids is 1.